The van der Waals surface area contributed by atoms with Crippen LogP contribution in [-0.4, -0.2) is 43.5 Å². The van der Waals surface area contributed by atoms with Gasteiger partial charge in [-0.3, -0.25) is 4.79 Å². The van der Waals surface area contributed by atoms with Crippen LogP contribution >= 0.6 is 0 Å². The van der Waals surface area contributed by atoms with E-state index >= 15 is 0 Å². The van der Waals surface area contributed by atoms with E-state index in [1.165, 1.54) is 0 Å². The van der Waals surface area contributed by atoms with E-state index in [-0.39, 0.29) is 5.91 Å². The third-order valence-electron chi connectivity index (χ3n) is 3.00. The standard InChI is InChI=1S/C11H25N3O/c1-6-9(2)7-14(5)8-11(3,13-4)10(12)15/h9,13H,6-8H2,1-5H3,(H2,12,15). The molecule has 15 heavy (non-hydrogen) atoms. The second-order valence-electron chi connectivity index (χ2n) is 4.66. The summed E-state index contributed by atoms with van der Waals surface area (Å²) >= 11 is 0. The van der Waals surface area contributed by atoms with Crippen molar-refractivity contribution in [2.75, 3.05) is 27.2 Å². The number of amides is 1. The quantitative estimate of drug-likeness (QED) is 0.647. The lowest BCUT2D eigenvalue weighted by atomic mass is 10.0. The Kier molecular flexibility index (Phi) is 5.83. The van der Waals surface area contributed by atoms with E-state index in [0.29, 0.717) is 12.5 Å². The summed E-state index contributed by atoms with van der Waals surface area (Å²) in [6.45, 7) is 7.84. The van der Waals surface area contributed by atoms with Gasteiger partial charge in [-0.15, -0.1) is 0 Å². The number of hydrogen-bond donors (Lipinski definition) is 2. The Morgan fingerprint density at radius 1 is 1.60 bits per heavy atom. The Bertz CT molecular complexity index is 208. The zero-order valence-corrected chi connectivity index (χ0v) is 10.6. The molecule has 0 spiro atoms. The smallest absolute Gasteiger partial charge is 0.238 e. The molecule has 0 radical (unpaired) electrons. The number of primary amides is 1. The minimum Gasteiger partial charge on any atom is -0.368 e. The van der Waals surface area contributed by atoms with E-state index in [1.807, 2.05) is 14.0 Å². The van der Waals surface area contributed by atoms with Gasteiger partial charge in [0.15, 0.2) is 0 Å². The van der Waals surface area contributed by atoms with Crippen molar-refractivity contribution in [2.24, 2.45) is 11.7 Å². The normalized spacial score (nSPS) is 17.5. The summed E-state index contributed by atoms with van der Waals surface area (Å²) < 4.78 is 0. The average molecular weight is 215 g/mol. The summed E-state index contributed by atoms with van der Waals surface area (Å²) in [6.07, 6.45) is 1.15. The van der Waals surface area contributed by atoms with E-state index in [4.69, 9.17) is 5.73 Å². The first-order valence-corrected chi connectivity index (χ1v) is 5.53. The van der Waals surface area contributed by atoms with Crippen molar-refractivity contribution in [3.63, 3.8) is 0 Å². The number of rotatable bonds is 7. The number of nitrogens with two attached hydrogens (primary N) is 1. The SMILES string of the molecule is CCC(C)CN(C)CC(C)(NC)C(N)=O. The number of likely N-dealkylation sites (N-methyl/N-ethyl adjacent to an activating group) is 2. The van der Waals surface area contributed by atoms with Gasteiger partial charge in [-0.05, 0) is 26.9 Å². The summed E-state index contributed by atoms with van der Waals surface area (Å²) in [5, 5.41) is 2.98. The third kappa shape index (κ3) is 4.62. The lowest BCUT2D eigenvalue weighted by molar-refractivity contribution is -0.124. The summed E-state index contributed by atoms with van der Waals surface area (Å²) in [6, 6.07) is 0. The van der Waals surface area contributed by atoms with Crippen molar-refractivity contribution in [1.82, 2.24) is 10.2 Å². The first kappa shape index (κ1) is 14.4. The Hall–Kier alpha value is -0.610. The number of carbonyl (C=O) groups is 1. The Labute approximate surface area is 93.2 Å². The van der Waals surface area contributed by atoms with Crippen LogP contribution in [0.15, 0.2) is 0 Å². The number of carbonyl (C=O) groups excluding carboxylic acids is 1. The molecule has 4 nitrogen and oxygen atoms in total. The van der Waals surface area contributed by atoms with Crippen LogP contribution in [0.4, 0.5) is 0 Å². The second kappa shape index (κ2) is 6.08. The van der Waals surface area contributed by atoms with Crippen LogP contribution in [0.2, 0.25) is 0 Å². The Morgan fingerprint density at radius 2 is 2.13 bits per heavy atom. The summed E-state index contributed by atoms with van der Waals surface area (Å²) in [4.78, 5) is 13.4. The molecule has 0 aliphatic rings. The average Bonchev–Trinajstić information content (AvgIpc) is 2.16. The Morgan fingerprint density at radius 3 is 2.47 bits per heavy atom. The minimum atomic E-state index is -0.637. The monoisotopic (exact) mass is 215 g/mol. The van der Waals surface area contributed by atoms with E-state index in [1.54, 1.807) is 7.05 Å². The summed E-state index contributed by atoms with van der Waals surface area (Å²) in [7, 11) is 3.78. The molecule has 2 atom stereocenters. The largest absolute Gasteiger partial charge is 0.368 e. The molecule has 0 fully saturated rings. The Balaban J connectivity index is 4.24. The van der Waals surface area contributed by atoms with Gasteiger partial charge in [-0.1, -0.05) is 20.3 Å². The molecule has 0 aliphatic heterocycles. The number of nitrogens with zero attached hydrogens (tertiary/aromatic N) is 1. The number of hydrogen-bond acceptors (Lipinski definition) is 3. The van der Waals surface area contributed by atoms with Crippen LogP contribution in [0.3, 0.4) is 0 Å². The highest BCUT2D eigenvalue weighted by Gasteiger charge is 2.30. The molecule has 0 aromatic rings. The fourth-order valence-electron chi connectivity index (χ4n) is 1.55. The van der Waals surface area contributed by atoms with Crippen molar-refractivity contribution < 1.29 is 4.79 Å². The molecule has 0 aliphatic carbocycles. The van der Waals surface area contributed by atoms with Gasteiger partial charge in [0.2, 0.25) is 5.91 Å². The van der Waals surface area contributed by atoms with Crippen molar-refractivity contribution in [3.05, 3.63) is 0 Å². The molecule has 0 heterocycles. The maximum absolute atomic E-state index is 11.3. The molecule has 2 unspecified atom stereocenters. The van der Waals surface area contributed by atoms with Gasteiger partial charge >= 0.3 is 0 Å². The van der Waals surface area contributed by atoms with Crippen molar-refractivity contribution in [2.45, 2.75) is 32.7 Å². The van der Waals surface area contributed by atoms with Gasteiger partial charge in [0.25, 0.3) is 0 Å². The predicted octanol–water partition coefficient (Wildman–Crippen LogP) is 0.428. The molecule has 0 saturated carbocycles. The molecule has 1 amide bonds. The van der Waals surface area contributed by atoms with E-state index in [0.717, 1.165) is 13.0 Å². The van der Waals surface area contributed by atoms with Gasteiger partial charge < -0.3 is 16.0 Å². The fraction of sp³-hybridized carbons (Fsp3) is 0.909. The summed E-state index contributed by atoms with van der Waals surface area (Å²) in [5.41, 5.74) is 4.73. The third-order valence-corrected chi connectivity index (χ3v) is 3.00. The van der Waals surface area contributed by atoms with Crippen molar-refractivity contribution >= 4 is 5.91 Å². The van der Waals surface area contributed by atoms with Gasteiger partial charge in [0, 0.05) is 13.1 Å². The molecule has 4 heteroatoms. The topological polar surface area (TPSA) is 58.4 Å². The lowest BCUT2D eigenvalue weighted by Crippen LogP contribution is -2.58. The molecule has 0 saturated heterocycles. The van der Waals surface area contributed by atoms with Crippen molar-refractivity contribution in [1.29, 1.82) is 0 Å². The maximum atomic E-state index is 11.3. The molecule has 0 rings (SSSR count). The maximum Gasteiger partial charge on any atom is 0.238 e. The molecule has 0 bridgehead atoms. The van der Waals surface area contributed by atoms with E-state index < -0.39 is 5.54 Å². The van der Waals surface area contributed by atoms with Crippen LogP contribution in [0.5, 0.6) is 0 Å². The number of nitrogens with one attached hydrogen (secondary N) is 1. The first-order valence-electron chi connectivity index (χ1n) is 5.53. The van der Waals surface area contributed by atoms with E-state index in [2.05, 4.69) is 24.1 Å². The van der Waals surface area contributed by atoms with Gasteiger partial charge in [0.05, 0.1) is 0 Å². The highest BCUT2D eigenvalue weighted by molar-refractivity contribution is 5.84. The van der Waals surface area contributed by atoms with Gasteiger partial charge in [-0.25, -0.2) is 0 Å². The highest BCUT2D eigenvalue weighted by atomic mass is 16.1. The van der Waals surface area contributed by atoms with Crippen LogP contribution < -0.4 is 11.1 Å². The fourth-order valence-corrected chi connectivity index (χ4v) is 1.55. The molecule has 0 aromatic carbocycles. The molecular formula is C11H25N3O. The zero-order valence-electron chi connectivity index (χ0n) is 10.6. The highest BCUT2D eigenvalue weighted by Crippen LogP contribution is 2.08. The predicted molar refractivity (Wildman–Crippen MR) is 63.6 cm³/mol. The van der Waals surface area contributed by atoms with Crippen LogP contribution in [0.25, 0.3) is 0 Å². The van der Waals surface area contributed by atoms with Crippen LogP contribution in [0.1, 0.15) is 27.2 Å². The van der Waals surface area contributed by atoms with E-state index in [9.17, 15) is 4.79 Å². The summed E-state index contributed by atoms with van der Waals surface area (Å²) in [5.74, 6) is 0.338. The molecule has 90 valence electrons. The van der Waals surface area contributed by atoms with Crippen LogP contribution in [-0.2, 0) is 4.79 Å². The lowest BCUT2D eigenvalue weighted by Gasteiger charge is -2.31. The molecular weight excluding hydrogens is 190 g/mol. The molecule has 0 aromatic heterocycles. The molecule has 3 N–H and O–H groups in total. The minimum absolute atomic E-state index is 0.305. The zero-order chi connectivity index (χ0) is 12.1. The second-order valence-corrected chi connectivity index (χ2v) is 4.66. The first-order chi connectivity index (χ1) is 6.85. The van der Waals surface area contributed by atoms with Crippen molar-refractivity contribution in [3.8, 4) is 0 Å². The van der Waals surface area contributed by atoms with Gasteiger partial charge in [0.1, 0.15) is 5.54 Å². The van der Waals surface area contributed by atoms with Crippen LogP contribution in [0, 0.1) is 5.92 Å². The van der Waals surface area contributed by atoms with Gasteiger partial charge in [-0.2, -0.15) is 0 Å².